The Hall–Kier alpha value is -1.30. The van der Waals surface area contributed by atoms with Gasteiger partial charge in [-0.2, -0.15) is 4.37 Å². The standard InChI is InChI=1S/C10H6Cl2N2O2S/c11-4-1-2-5(6(12)3-4)8-7(13)9(10(15)16)17-14-8/h1-3H,13H2,(H,15,16). The number of hydrogen-bond acceptors (Lipinski definition) is 4. The minimum atomic E-state index is -1.10. The summed E-state index contributed by atoms with van der Waals surface area (Å²) in [6.07, 6.45) is 0. The summed E-state index contributed by atoms with van der Waals surface area (Å²) in [7, 11) is 0. The molecule has 0 amide bonds. The lowest BCUT2D eigenvalue weighted by Crippen LogP contribution is -1.98. The molecule has 2 aromatic rings. The second-order valence-electron chi connectivity index (χ2n) is 3.20. The number of nitrogens with zero attached hydrogens (tertiary/aromatic N) is 1. The highest BCUT2D eigenvalue weighted by Gasteiger charge is 2.19. The lowest BCUT2D eigenvalue weighted by Gasteiger charge is -2.02. The third-order valence-electron chi connectivity index (χ3n) is 2.11. The lowest BCUT2D eigenvalue weighted by molar-refractivity contribution is 0.0703. The molecule has 4 nitrogen and oxygen atoms in total. The molecule has 0 aliphatic carbocycles. The minimum Gasteiger partial charge on any atom is -0.477 e. The second-order valence-corrected chi connectivity index (χ2v) is 4.82. The molecule has 1 heterocycles. The number of aromatic nitrogens is 1. The van der Waals surface area contributed by atoms with Gasteiger partial charge in [0, 0.05) is 10.6 Å². The molecule has 7 heteroatoms. The smallest absolute Gasteiger partial charge is 0.349 e. The van der Waals surface area contributed by atoms with Gasteiger partial charge in [0.1, 0.15) is 5.69 Å². The number of benzene rings is 1. The maximum Gasteiger partial charge on any atom is 0.349 e. The van der Waals surface area contributed by atoms with Gasteiger partial charge in [0.05, 0.1) is 10.7 Å². The van der Waals surface area contributed by atoms with Gasteiger partial charge < -0.3 is 10.8 Å². The third-order valence-corrected chi connectivity index (χ3v) is 3.51. The van der Waals surface area contributed by atoms with E-state index in [4.69, 9.17) is 34.0 Å². The average Bonchev–Trinajstić information content (AvgIpc) is 2.60. The number of nitrogens with two attached hydrogens (primary N) is 1. The van der Waals surface area contributed by atoms with Crippen molar-refractivity contribution in [2.24, 2.45) is 0 Å². The molecule has 0 spiro atoms. The number of carbonyl (C=O) groups is 1. The van der Waals surface area contributed by atoms with Crippen LogP contribution >= 0.6 is 34.7 Å². The number of nitrogen functional groups attached to an aromatic ring is 1. The Balaban J connectivity index is 2.57. The van der Waals surface area contributed by atoms with E-state index in [-0.39, 0.29) is 10.6 Å². The highest BCUT2D eigenvalue weighted by Crippen LogP contribution is 2.36. The maximum absolute atomic E-state index is 10.8. The van der Waals surface area contributed by atoms with Crippen molar-refractivity contribution >= 4 is 46.4 Å². The van der Waals surface area contributed by atoms with E-state index >= 15 is 0 Å². The minimum absolute atomic E-state index is 0.00557. The Morgan fingerprint density at radius 2 is 2.12 bits per heavy atom. The molecule has 0 radical (unpaired) electrons. The van der Waals surface area contributed by atoms with E-state index in [1.807, 2.05) is 0 Å². The van der Waals surface area contributed by atoms with E-state index < -0.39 is 5.97 Å². The summed E-state index contributed by atoms with van der Waals surface area (Å²) in [4.78, 5) is 10.8. The molecule has 3 N–H and O–H groups in total. The molecular formula is C10H6Cl2N2O2S. The van der Waals surface area contributed by atoms with Crippen molar-refractivity contribution in [1.82, 2.24) is 4.37 Å². The van der Waals surface area contributed by atoms with Crippen LogP contribution in [0.1, 0.15) is 9.67 Å². The van der Waals surface area contributed by atoms with Crippen LogP contribution in [0.25, 0.3) is 11.3 Å². The van der Waals surface area contributed by atoms with Crippen LogP contribution in [0.4, 0.5) is 5.69 Å². The van der Waals surface area contributed by atoms with Crippen molar-refractivity contribution in [1.29, 1.82) is 0 Å². The first-order chi connectivity index (χ1) is 8.00. The monoisotopic (exact) mass is 288 g/mol. The lowest BCUT2D eigenvalue weighted by atomic mass is 10.1. The van der Waals surface area contributed by atoms with Gasteiger partial charge >= 0.3 is 5.97 Å². The molecule has 0 atom stereocenters. The Bertz CT molecular complexity index is 598. The number of aromatic carboxylic acids is 1. The largest absolute Gasteiger partial charge is 0.477 e. The number of hydrogen-bond donors (Lipinski definition) is 2. The van der Waals surface area contributed by atoms with Crippen molar-refractivity contribution in [3.05, 3.63) is 33.1 Å². The van der Waals surface area contributed by atoms with Gasteiger partial charge in [-0.3, -0.25) is 0 Å². The van der Waals surface area contributed by atoms with Gasteiger partial charge in [-0.1, -0.05) is 23.2 Å². The first-order valence-electron chi connectivity index (χ1n) is 4.44. The predicted molar refractivity (Wildman–Crippen MR) is 68.9 cm³/mol. The molecule has 1 aromatic carbocycles. The van der Waals surface area contributed by atoms with E-state index in [1.165, 1.54) is 0 Å². The molecule has 0 aliphatic rings. The van der Waals surface area contributed by atoms with E-state index in [0.717, 1.165) is 11.5 Å². The van der Waals surface area contributed by atoms with Crippen LogP contribution in [0.15, 0.2) is 18.2 Å². The Labute approximate surface area is 111 Å². The van der Waals surface area contributed by atoms with Crippen molar-refractivity contribution < 1.29 is 9.90 Å². The Morgan fingerprint density at radius 3 is 2.65 bits per heavy atom. The summed E-state index contributed by atoms with van der Waals surface area (Å²) in [5.41, 5.74) is 6.77. The summed E-state index contributed by atoms with van der Waals surface area (Å²) in [5, 5.41) is 9.75. The Kier molecular flexibility index (Phi) is 3.24. The van der Waals surface area contributed by atoms with E-state index in [2.05, 4.69) is 4.37 Å². The van der Waals surface area contributed by atoms with Crippen LogP contribution in [-0.4, -0.2) is 15.4 Å². The highest BCUT2D eigenvalue weighted by molar-refractivity contribution is 7.09. The topological polar surface area (TPSA) is 76.2 Å². The molecule has 2 rings (SSSR count). The molecular weight excluding hydrogens is 283 g/mol. The average molecular weight is 289 g/mol. The van der Waals surface area contributed by atoms with Gasteiger partial charge in [-0.25, -0.2) is 4.79 Å². The zero-order chi connectivity index (χ0) is 12.6. The molecule has 0 saturated heterocycles. The number of carboxylic acids is 1. The first kappa shape index (κ1) is 12.2. The number of rotatable bonds is 2. The number of halogens is 2. The normalized spacial score (nSPS) is 10.5. The van der Waals surface area contributed by atoms with E-state index in [1.54, 1.807) is 18.2 Å². The SMILES string of the molecule is Nc1c(-c2ccc(Cl)cc2Cl)nsc1C(=O)O. The van der Waals surface area contributed by atoms with E-state index in [0.29, 0.717) is 21.3 Å². The zero-order valence-electron chi connectivity index (χ0n) is 8.28. The van der Waals surface area contributed by atoms with Crippen molar-refractivity contribution in [2.45, 2.75) is 0 Å². The van der Waals surface area contributed by atoms with Gasteiger partial charge in [0.25, 0.3) is 0 Å². The van der Waals surface area contributed by atoms with Crippen LogP contribution in [0, 0.1) is 0 Å². The summed E-state index contributed by atoms with van der Waals surface area (Å²) < 4.78 is 4.01. The quantitative estimate of drug-likeness (QED) is 0.888. The highest BCUT2D eigenvalue weighted by atomic mass is 35.5. The summed E-state index contributed by atoms with van der Waals surface area (Å²) in [6.45, 7) is 0. The fourth-order valence-electron chi connectivity index (χ4n) is 1.33. The predicted octanol–water partition coefficient (Wildman–Crippen LogP) is 3.40. The summed E-state index contributed by atoms with van der Waals surface area (Å²) in [5.74, 6) is -1.10. The van der Waals surface area contributed by atoms with Gasteiger partial charge in [0.15, 0.2) is 4.88 Å². The van der Waals surface area contributed by atoms with Crippen LogP contribution in [0.2, 0.25) is 10.0 Å². The van der Waals surface area contributed by atoms with Crippen molar-refractivity contribution in [3.63, 3.8) is 0 Å². The summed E-state index contributed by atoms with van der Waals surface area (Å²) in [6, 6.07) is 4.85. The maximum atomic E-state index is 10.8. The molecule has 1 aromatic heterocycles. The van der Waals surface area contributed by atoms with Gasteiger partial charge in [-0.15, -0.1) is 0 Å². The third kappa shape index (κ3) is 2.22. The van der Waals surface area contributed by atoms with Gasteiger partial charge in [0.2, 0.25) is 0 Å². The molecule has 0 bridgehead atoms. The first-order valence-corrected chi connectivity index (χ1v) is 5.97. The number of carboxylic acid groups (broad SMARTS) is 1. The number of anilines is 1. The van der Waals surface area contributed by atoms with Crippen LogP contribution in [0.5, 0.6) is 0 Å². The zero-order valence-corrected chi connectivity index (χ0v) is 10.6. The molecule has 0 fully saturated rings. The second kappa shape index (κ2) is 4.52. The van der Waals surface area contributed by atoms with Crippen LogP contribution < -0.4 is 5.73 Å². The fraction of sp³-hybridized carbons (Fsp3) is 0. The molecule has 0 aliphatic heterocycles. The molecule has 0 saturated carbocycles. The van der Waals surface area contributed by atoms with Gasteiger partial charge in [-0.05, 0) is 29.7 Å². The van der Waals surface area contributed by atoms with Crippen molar-refractivity contribution in [3.8, 4) is 11.3 Å². The molecule has 88 valence electrons. The van der Waals surface area contributed by atoms with Crippen LogP contribution in [-0.2, 0) is 0 Å². The summed E-state index contributed by atoms with van der Waals surface area (Å²) >= 11 is 12.6. The molecule has 0 unspecified atom stereocenters. The van der Waals surface area contributed by atoms with Crippen molar-refractivity contribution in [2.75, 3.05) is 5.73 Å². The van der Waals surface area contributed by atoms with E-state index in [9.17, 15) is 4.79 Å². The van der Waals surface area contributed by atoms with Crippen LogP contribution in [0.3, 0.4) is 0 Å². The molecule has 17 heavy (non-hydrogen) atoms. The fourth-order valence-corrected chi connectivity index (χ4v) is 2.48. The Morgan fingerprint density at radius 1 is 1.41 bits per heavy atom.